The maximum atomic E-state index is 11.7. The molecule has 6 nitrogen and oxygen atoms in total. The predicted octanol–water partition coefficient (Wildman–Crippen LogP) is 2.51. The summed E-state index contributed by atoms with van der Waals surface area (Å²) in [7, 11) is 1.56. The van der Waals surface area contributed by atoms with E-state index in [4.69, 9.17) is 9.84 Å². The summed E-state index contributed by atoms with van der Waals surface area (Å²) >= 11 is 3.39. The standard InChI is InChI=1S/C14H19BrN2O4/c1-3-4-12(13(18)19)17-14(20)16-8-9-7-10(21-2)5-6-11(9)15/h5-7,12H,3-4,8H2,1-2H3,(H,18,19)(H2,16,17,20). The van der Waals surface area contributed by atoms with Crippen molar-refractivity contribution in [2.75, 3.05) is 7.11 Å². The van der Waals surface area contributed by atoms with Crippen LogP contribution in [-0.4, -0.2) is 30.3 Å². The molecule has 1 rings (SSSR count). The third kappa shape index (κ3) is 5.63. The highest BCUT2D eigenvalue weighted by Crippen LogP contribution is 2.22. The van der Waals surface area contributed by atoms with E-state index >= 15 is 0 Å². The molecule has 7 heteroatoms. The van der Waals surface area contributed by atoms with E-state index in [0.29, 0.717) is 18.6 Å². The second-order valence-electron chi connectivity index (χ2n) is 4.46. The summed E-state index contributed by atoms with van der Waals surface area (Å²) < 4.78 is 5.96. The second kappa shape index (κ2) is 8.51. The van der Waals surface area contributed by atoms with Crippen molar-refractivity contribution in [1.29, 1.82) is 0 Å². The number of carbonyl (C=O) groups excluding carboxylic acids is 1. The normalized spacial score (nSPS) is 11.6. The summed E-state index contributed by atoms with van der Waals surface area (Å²) in [5.74, 6) is -0.348. The van der Waals surface area contributed by atoms with Crippen molar-refractivity contribution in [3.8, 4) is 5.75 Å². The van der Waals surface area contributed by atoms with Crippen LogP contribution in [0.15, 0.2) is 22.7 Å². The van der Waals surface area contributed by atoms with Crippen LogP contribution in [0.4, 0.5) is 4.79 Å². The SMILES string of the molecule is CCCC(NC(=O)NCc1cc(OC)ccc1Br)C(=O)O. The zero-order chi connectivity index (χ0) is 15.8. The number of ether oxygens (including phenoxy) is 1. The zero-order valence-corrected chi connectivity index (χ0v) is 13.6. The summed E-state index contributed by atoms with van der Waals surface area (Å²) in [4.78, 5) is 22.7. The van der Waals surface area contributed by atoms with Crippen LogP contribution in [0, 0.1) is 0 Å². The van der Waals surface area contributed by atoms with Crippen molar-refractivity contribution in [2.24, 2.45) is 0 Å². The summed E-state index contributed by atoms with van der Waals surface area (Å²) in [6.07, 6.45) is 1.07. The molecule has 21 heavy (non-hydrogen) atoms. The van der Waals surface area contributed by atoms with Gasteiger partial charge in [0, 0.05) is 11.0 Å². The number of methoxy groups -OCH3 is 1. The molecule has 0 bridgehead atoms. The third-order valence-corrected chi connectivity index (χ3v) is 3.65. The van der Waals surface area contributed by atoms with Crippen LogP contribution in [-0.2, 0) is 11.3 Å². The van der Waals surface area contributed by atoms with Gasteiger partial charge in [0.1, 0.15) is 11.8 Å². The van der Waals surface area contributed by atoms with E-state index in [2.05, 4.69) is 26.6 Å². The van der Waals surface area contributed by atoms with Crippen LogP contribution in [0.3, 0.4) is 0 Å². The van der Waals surface area contributed by atoms with Crippen LogP contribution in [0.2, 0.25) is 0 Å². The molecular formula is C14H19BrN2O4. The molecular weight excluding hydrogens is 340 g/mol. The molecule has 0 aromatic heterocycles. The van der Waals surface area contributed by atoms with Gasteiger partial charge in [-0.15, -0.1) is 0 Å². The smallest absolute Gasteiger partial charge is 0.326 e. The minimum absolute atomic E-state index is 0.266. The van der Waals surface area contributed by atoms with Crippen molar-refractivity contribution >= 4 is 27.9 Å². The van der Waals surface area contributed by atoms with Crippen LogP contribution < -0.4 is 15.4 Å². The molecule has 2 amide bonds. The maximum absolute atomic E-state index is 11.7. The lowest BCUT2D eigenvalue weighted by Crippen LogP contribution is -2.45. The number of halogens is 1. The largest absolute Gasteiger partial charge is 0.497 e. The molecule has 0 fully saturated rings. The lowest BCUT2D eigenvalue weighted by molar-refractivity contribution is -0.139. The number of rotatable bonds is 7. The average molecular weight is 359 g/mol. The number of nitrogens with one attached hydrogen (secondary N) is 2. The number of urea groups is 1. The lowest BCUT2D eigenvalue weighted by atomic mass is 10.2. The van der Waals surface area contributed by atoms with Gasteiger partial charge in [-0.05, 0) is 30.2 Å². The molecule has 0 radical (unpaired) electrons. The highest BCUT2D eigenvalue weighted by atomic mass is 79.9. The Labute approximate surface area is 132 Å². The number of carbonyl (C=O) groups is 2. The quantitative estimate of drug-likeness (QED) is 0.698. The number of carboxylic acids is 1. The number of aliphatic carboxylic acids is 1. The van der Waals surface area contributed by atoms with Gasteiger partial charge in [-0.3, -0.25) is 0 Å². The van der Waals surface area contributed by atoms with E-state index in [9.17, 15) is 9.59 Å². The van der Waals surface area contributed by atoms with Gasteiger partial charge in [0.2, 0.25) is 0 Å². The van der Waals surface area contributed by atoms with E-state index in [-0.39, 0.29) is 6.54 Å². The van der Waals surface area contributed by atoms with Crippen LogP contribution in [0.1, 0.15) is 25.3 Å². The highest BCUT2D eigenvalue weighted by molar-refractivity contribution is 9.10. The van der Waals surface area contributed by atoms with Crippen molar-refractivity contribution in [2.45, 2.75) is 32.4 Å². The summed E-state index contributed by atoms with van der Waals surface area (Å²) in [5.41, 5.74) is 0.840. The Morgan fingerprint density at radius 1 is 1.43 bits per heavy atom. The summed E-state index contributed by atoms with van der Waals surface area (Å²) in [5, 5.41) is 14.1. The van der Waals surface area contributed by atoms with E-state index in [1.54, 1.807) is 19.2 Å². The van der Waals surface area contributed by atoms with E-state index < -0.39 is 18.0 Å². The number of benzene rings is 1. The van der Waals surface area contributed by atoms with E-state index in [0.717, 1.165) is 10.0 Å². The first kappa shape index (κ1) is 17.3. The van der Waals surface area contributed by atoms with Gasteiger partial charge < -0.3 is 20.5 Å². The molecule has 0 aliphatic heterocycles. The minimum Gasteiger partial charge on any atom is -0.497 e. The van der Waals surface area contributed by atoms with E-state index in [1.807, 2.05) is 13.0 Å². The van der Waals surface area contributed by atoms with Crippen LogP contribution in [0.5, 0.6) is 5.75 Å². The molecule has 0 heterocycles. The zero-order valence-electron chi connectivity index (χ0n) is 12.0. The Bertz CT molecular complexity index is 508. The molecule has 0 saturated carbocycles. The van der Waals surface area contributed by atoms with Crippen molar-refractivity contribution in [3.05, 3.63) is 28.2 Å². The first-order chi connectivity index (χ1) is 9.97. The molecule has 1 atom stereocenters. The molecule has 0 aliphatic rings. The van der Waals surface area contributed by atoms with Gasteiger partial charge in [0.25, 0.3) is 0 Å². The summed E-state index contributed by atoms with van der Waals surface area (Å²) in [6, 6.07) is 4.04. The van der Waals surface area contributed by atoms with Gasteiger partial charge in [-0.1, -0.05) is 29.3 Å². The lowest BCUT2D eigenvalue weighted by Gasteiger charge is -2.15. The third-order valence-electron chi connectivity index (χ3n) is 2.87. The van der Waals surface area contributed by atoms with Gasteiger partial charge >= 0.3 is 12.0 Å². The number of hydrogen-bond acceptors (Lipinski definition) is 3. The van der Waals surface area contributed by atoms with Crippen LogP contribution >= 0.6 is 15.9 Å². The van der Waals surface area contributed by atoms with Gasteiger partial charge in [0.05, 0.1) is 7.11 Å². The molecule has 0 aliphatic carbocycles. The first-order valence-corrected chi connectivity index (χ1v) is 7.36. The van der Waals surface area contributed by atoms with Gasteiger partial charge in [0.15, 0.2) is 0 Å². The molecule has 0 spiro atoms. The Morgan fingerprint density at radius 2 is 2.14 bits per heavy atom. The predicted molar refractivity (Wildman–Crippen MR) is 82.4 cm³/mol. The second-order valence-corrected chi connectivity index (χ2v) is 5.32. The number of hydrogen-bond donors (Lipinski definition) is 3. The molecule has 116 valence electrons. The molecule has 3 N–H and O–H groups in total. The molecule has 1 aromatic carbocycles. The average Bonchev–Trinajstić information content (AvgIpc) is 2.45. The highest BCUT2D eigenvalue weighted by Gasteiger charge is 2.18. The fourth-order valence-corrected chi connectivity index (χ4v) is 2.13. The number of amides is 2. The van der Waals surface area contributed by atoms with Gasteiger partial charge in [-0.25, -0.2) is 9.59 Å². The topological polar surface area (TPSA) is 87.7 Å². The maximum Gasteiger partial charge on any atom is 0.326 e. The fourth-order valence-electron chi connectivity index (χ4n) is 1.74. The summed E-state index contributed by atoms with van der Waals surface area (Å²) in [6.45, 7) is 2.13. The fraction of sp³-hybridized carbons (Fsp3) is 0.429. The first-order valence-electron chi connectivity index (χ1n) is 6.57. The van der Waals surface area contributed by atoms with E-state index in [1.165, 1.54) is 0 Å². The van der Waals surface area contributed by atoms with Gasteiger partial charge in [-0.2, -0.15) is 0 Å². The van der Waals surface area contributed by atoms with Crippen molar-refractivity contribution in [3.63, 3.8) is 0 Å². The van der Waals surface area contributed by atoms with Crippen molar-refractivity contribution < 1.29 is 19.4 Å². The Kier molecular flexibility index (Phi) is 7.01. The molecule has 1 unspecified atom stereocenters. The van der Waals surface area contributed by atoms with Crippen molar-refractivity contribution in [1.82, 2.24) is 10.6 Å². The number of carboxylic acid groups (broad SMARTS) is 1. The molecule has 0 saturated heterocycles. The monoisotopic (exact) mass is 358 g/mol. The Morgan fingerprint density at radius 3 is 2.71 bits per heavy atom. The Balaban J connectivity index is 2.58. The van der Waals surface area contributed by atoms with Crippen LogP contribution in [0.25, 0.3) is 0 Å². The molecule has 1 aromatic rings. The Hall–Kier alpha value is -1.76. The minimum atomic E-state index is -1.03.